The molecule has 1 saturated heterocycles. The Hall–Kier alpha value is -2.13. The van der Waals surface area contributed by atoms with Crippen LogP contribution in [0.25, 0.3) is 0 Å². The van der Waals surface area contributed by atoms with Crippen molar-refractivity contribution in [3.05, 3.63) is 35.9 Å². The number of amides is 2. The number of nitrogens with one attached hydrogen (secondary N) is 2. The summed E-state index contributed by atoms with van der Waals surface area (Å²) in [6.45, 7) is 5.07. The molecule has 2 amide bonds. The summed E-state index contributed by atoms with van der Waals surface area (Å²) < 4.78 is 39.6. The predicted molar refractivity (Wildman–Crippen MR) is 141 cm³/mol. The summed E-state index contributed by atoms with van der Waals surface area (Å²) in [6, 6.07) is 8.39. The highest BCUT2D eigenvalue weighted by Gasteiger charge is 2.39. The number of hydrogen-bond acceptors (Lipinski definition) is 4. The van der Waals surface area contributed by atoms with E-state index in [0.717, 1.165) is 18.4 Å². The summed E-state index contributed by atoms with van der Waals surface area (Å²) in [7, 11) is 0. The molecule has 0 radical (unpaired) electrons. The van der Waals surface area contributed by atoms with Crippen molar-refractivity contribution in [2.24, 2.45) is 11.8 Å². The molecule has 1 aliphatic heterocycles. The van der Waals surface area contributed by atoms with Crippen LogP contribution < -0.4 is 10.6 Å². The van der Waals surface area contributed by atoms with Crippen molar-refractivity contribution in [3.63, 3.8) is 0 Å². The van der Waals surface area contributed by atoms with Gasteiger partial charge in [0.15, 0.2) is 0 Å². The average Bonchev–Trinajstić information content (AvgIpc) is 2.91. The van der Waals surface area contributed by atoms with Gasteiger partial charge in [-0.1, -0.05) is 44.2 Å². The van der Waals surface area contributed by atoms with Crippen LogP contribution in [0.4, 0.5) is 13.2 Å². The third kappa shape index (κ3) is 11.0. The van der Waals surface area contributed by atoms with E-state index in [0.29, 0.717) is 45.2 Å². The van der Waals surface area contributed by atoms with Crippen molar-refractivity contribution in [1.82, 2.24) is 15.5 Å². The molecule has 9 heteroatoms. The largest absolute Gasteiger partial charge is 0.393 e. The molecule has 1 unspecified atom stereocenters. The number of hydrogen-bond donors (Lipinski definition) is 3. The Balaban J connectivity index is 0.00000235. The highest BCUT2D eigenvalue weighted by Crippen LogP contribution is 2.30. The van der Waals surface area contributed by atoms with E-state index >= 15 is 0 Å². The van der Waals surface area contributed by atoms with Gasteiger partial charge in [0.25, 0.3) is 0 Å². The highest BCUT2D eigenvalue weighted by molar-refractivity contribution is 5.88. The van der Waals surface area contributed by atoms with Crippen molar-refractivity contribution >= 4 is 11.8 Å². The Kier molecular flexibility index (Phi) is 13.4. The van der Waals surface area contributed by atoms with Crippen LogP contribution in [0, 0.1) is 11.8 Å². The molecule has 0 aromatic heterocycles. The molecule has 1 atom stereocenters. The first-order valence-electron chi connectivity index (χ1n) is 13.8. The van der Waals surface area contributed by atoms with Crippen molar-refractivity contribution in [2.45, 2.75) is 96.5 Å². The molecule has 1 heterocycles. The van der Waals surface area contributed by atoms with Crippen LogP contribution in [0.2, 0.25) is 0 Å². The maximum Gasteiger partial charge on any atom is 0.390 e. The van der Waals surface area contributed by atoms with E-state index < -0.39 is 37.0 Å². The van der Waals surface area contributed by atoms with Gasteiger partial charge in [0.05, 0.1) is 12.5 Å². The number of piperidine rings is 1. The number of nitrogens with zero attached hydrogens (tertiary/aromatic N) is 1. The van der Waals surface area contributed by atoms with E-state index in [9.17, 15) is 27.9 Å². The molecular weight excluding hydrogens is 483 g/mol. The predicted octanol–water partition coefficient (Wildman–Crippen LogP) is 5.06. The lowest BCUT2D eigenvalue weighted by molar-refractivity contribution is -0.154. The van der Waals surface area contributed by atoms with Crippen molar-refractivity contribution in [3.8, 4) is 0 Å². The van der Waals surface area contributed by atoms with E-state index in [2.05, 4.69) is 10.6 Å². The minimum atomic E-state index is -4.42. The Labute approximate surface area is 220 Å². The summed E-state index contributed by atoms with van der Waals surface area (Å²) in [5.41, 5.74) is 0.887. The Morgan fingerprint density at radius 2 is 1.70 bits per heavy atom. The van der Waals surface area contributed by atoms with Crippen LogP contribution in [-0.4, -0.2) is 59.8 Å². The SMILES string of the molecule is CC.O=C(NCc1ccccc1)C(C1CCNCC1)N(CCC(F)(F)F)C(=O)CCC1CCC(O)CC1.[HH]. The number of carbonyl (C=O) groups is 2. The quantitative estimate of drug-likeness (QED) is 0.396. The second-order valence-corrected chi connectivity index (χ2v) is 9.90. The van der Waals surface area contributed by atoms with Crippen molar-refractivity contribution in [1.29, 1.82) is 0 Å². The van der Waals surface area contributed by atoms with Crippen LogP contribution in [0.3, 0.4) is 0 Å². The normalized spacial score (nSPS) is 21.4. The van der Waals surface area contributed by atoms with Crippen LogP contribution in [0.1, 0.15) is 78.6 Å². The van der Waals surface area contributed by atoms with Crippen LogP contribution in [0.15, 0.2) is 30.3 Å². The summed E-state index contributed by atoms with van der Waals surface area (Å²) in [5, 5.41) is 15.8. The maximum absolute atomic E-state index is 13.4. The number of aliphatic hydroxyl groups excluding tert-OH is 1. The van der Waals surface area contributed by atoms with Crippen LogP contribution in [-0.2, 0) is 16.1 Å². The lowest BCUT2D eigenvalue weighted by Gasteiger charge is -2.38. The summed E-state index contributed by atoms with van der Waals surface area (Å²) >= 11 is 0. The first-order chi connectivity index (χ1) is 17.7. The molecule has 2 aliphatic rings. The fraction of sp³-hybridized carbons (Fsp3) is 0.714. The number of halogens is 3. The number of carbonyl (C=O) groups excluding carboxylic acids is 2. The van der Waals surface area contributed by atoms with Gasteiger partial charge in [-0.3, -0.25) is 9.59 Å². The van der Waals surface area contributed by atoms with Gasteiger partial charge in [0.1, 0.15) is 6.04 Å². The number of alkyl halides is 3. The Morgan fingerprint density at radius 1 is 1.08 bits per heavy atom. The topological polar surface area (TPSA) is 81.7 Å². The molecule has 3 N–H and O–H groups in total. The molecule has 1 aromatic carbocycles. The minimum Gasteiger partial charge on any atom is -0.393 e. The molecule has 2 fully saturated rings. The zero-order chi connectivity index (χ0) is 27.3. The molecule has 1 aliphatic carbocycles. The smallest absolute Gasteiger partial charge is 0.390 e. The second-order valence-electron chi connectivity index (χ2n) is 9.90. The first-order valence-corrected chi connectivity index (χ1v) is 13.8. The van der Waals surface area contributed by atoms with Crippen molar-refractivity contribution in [2.75, 3.05) is 19.6 Å². The molecule has 0 bridgehead atoms. The fourth-order valence-corrected chi connectivity index (χ4v) is 5.23. The third-order valence-corrected chi connectivity index (χ3v) is 7.28. The van der Waals surface area contributed by atoms with E-state index in [-0.39, 0.29) is 32.3 Å². The molecule has 6 nitrogen and oxygen atoms in total. The molecule has 3 rings (SSSR count). The van der Waals surface area contributed by atoms with Crippen LogP contribution >= 0.6 is 0 Å². The number of benzene rings is 1. The molecule has 1 saturated carbocycles. The monoisotopic (exact) mass is 529 g/mol. The molecule has 1 aromatic rings. The third-order valence-electron chi connectivity index (χ3n) is 7.28. The Bertz CT molecular complexity index is 800. The van der Waals surface area contributed by atoms with Gasteiger partial charge in [-0.15, -0.1) is 0 Å². The second kappa shape index (κ2) is 16.0. The van der Waals surface area contributed by atoms with Crippen molar-refractivity contribution < 1.29 is 29.3 Å². The van der Waals surface area contributed by atoms with Gasteiger partial charge < -0.3 is 20.6 Å². The zero-order valence-corrected chi connectivity index (χ0v) is 22.2. The van der Waals surface area contributed by atoms with Crippen LogP contribution in [0.5, 0.6) is 0 Å². The maximum atomic E-state index is 13.4. The standard InChI is InChI=1S/C26H38F3N3O3.C2H6.H2/c27-26(28,29)14-17-32(23(34)11-8-19-6-9-22(33)10-7-19)24(21-12-15-30-16-13-21)25(35)31-18-20-4-2-1-3-5-20;1-2;/h1-5,19,21-22,24,30,33H,6-18H2,(H,31,35);1-2H3;1H. The van der Waals surface area contributed by atoms with Gasteiger partial charge in [0.2, 0.25) is 11.8 Å². The summed E-state index contributed by atoms with van der Waals surface area (Å²) in [6.07, 6.45) is -0.920. The van der Waals surface area contributed by atoms with E-state index in [1.54, 1.807) is 0 Å². The minimum absolute atomic E-state index is 0. The number of rotatable bonds is 10. The molecule has 0 spiro atoms. The average molecular weight is 530 g/mol. The fourth-order valence-electron chi connectivity index (χ4n) is 5.23. The summed E-state index contributed by atoms with van der Waals surface area (Å²) in [5.74, 6) is -0.707. The van der Waals surface area contributed by atoms with E-state index in [1.807, 2.05) is 44.2 Å². The molecule has 212 valence electrons. The lowest BCUT2D eigenvalue weighted by Crippen LogP contribution is -2.55. The summed E-state index contributed by atoms with van der Waals surface area (Å²) in [4.78, 5) is 27.9. The van der Waals surface area contributed by atoms with E-state index in [4.69, 9.17) is 0 Å². The lowest BCUT2D eigenvalue weighted by atomic mass is 9.84. The number of aliphatic hydroxyl groups is 1. The van der Waals surface area contributed by atoms with E-state index in [1.165, 1.54) is 4.90 Å². The van der Waals surface area contributed by atoms with Gasteiger partial charge in [0, 0.05) is 20.9 Å². The first kappa shape index (κ1) is 31.1. The van der Waals surface area contributed by atoms with Gasteiger partial charge >= 0.3 is 6.18 Å². The van der Waals surface area contributed by atoms with Gasteiger partial charge in [-0.25, -0.2) is 0 Å². The molecule has 37 heavy (non-hydrogen) atoms. The van der Waals surface area contributed by atoms with Gasteiger partial charge in [-0.2, -0.15) is 13.2 Å². The Morgan fingerprint density at radius 3 is 2.30 bits per heavy atom. The molecular formula is C28H46F3N3O3. The van der Waals surface area contributed by atoms with Gasteiger partial charge in [-0.05, 0) is 75.4 Å². The zero-order valence-electron chi connectivity index (χ0n) is 22.2. The highest BCUT2D eigenvalue weighted by atomic mass is 19.4.